The lowest BCUT2D eigenvalue weighted by Gasteiger charge is -2.15. The van der Waals surface area contributed by atoms with E-state index in [0.29, 0.717) is 29.6 Å². The number of hydrogen-bond donors (Lipinski definition) is 1. The lowest BCUT2D eigenvalue weighted by atomic mass is 10.2. The maximum atomic E-state index is 12.4. The second-order valence-corrected chi connectivity index (χ2v) is 6.25. The second kappa shape index (κ2) is 9.18. The SMILES string of the molecule is CCOc1ccc(C(=O)O[C@H](C)C(=O)NCc2ccc3c(c2)OCO3)cc1OC. The Kier molecular flexibility index (Phi) is 6.43. The Hall–Kier alpha value is -3.42. The van der Waals surface area contributed by atoms with Gasteiger partial charge in [-0.25, -0.2) is 4.79 Å². The van der Waals surface area contributed by atoms with Crippen LogP contribution in [0.15, 0.2) is 36.4 Å². The van der Waals surface area contributed by atoms with Crippen molar-refractivity contribution in [2.45, 2.75) is 26.5 Å². The molecule has 1 amide bonds. The molecule has 1 atom stereocenters. The number of benzene rings is 2. The van der Waals surface area contributed by atoms with E-state index in [1.54, 1.807) is 24.3 Å². The Bertz CT molecular complexity index is 897. The highest BCUT2D eigenvalue weighted by molar-refractivity contribution is 5.92. The molecule has 2 aromatic rings. The number of methoxy groups -OCH3 is 1. The summed E-state index contributed by atoms with van der Waals surface area (Å²) in [5.41, 5.74) is 1.11. The predicted octanol–water partition coefficient (Wildman–Crippen LogP) is 2.68. The largest absolute Gasteiger partial charge is 0.493 e. The van der Waals surface area contributed by atoms with E-state index >= 15 is 0 Å². The van der Waals surface area contributed by atoms with Gasteiger partial charge in [-0.05, 0) is 49.7 Å². The molecule has 29 heavy (non-hydrogen) atoms. The molecular formula is C21H23NO7. The third-order valence-electron chi connectivity index (χ3n) is 4.26. The van der Waals surface area contributed by atoms with E-state index < -0.39 is 18.0 Å². The maximum absolute atomic E-state index is 12.4. The monoisotopic (exact) mass is 401 g/mol. The maximum Gasteiger partial charge on any atom is 0.339 e. The van der Waals surface area contributed by atoms with E-state index in [0.717, 1.165) is 5.56 Å². The highest BCUT2D eigenvalue weighted by Crippen LogP contribution is 2.32. The topological polar surface area (TPSA) is 92.3 Å². The fourth-order valence-electron chi connectivity index (χ4n) is 2.74. The summed E-state index contributed by atoms with van der Waals surface area (Å²) in [6.45, 7) is 4.30. The Morgan fingerprint density at radius 2 is 1.90 bits per heavy atom. The normalized spacial score (nSPS) is 12.8. The van der Waals surface area contributed by atoms with Crippen molar-refractivity contribution in [3.63, 3.8) is 0 Å². The van der Waals surface area contributed by atoms with Crippen LogP contribution in [-0.4, -0.2) is 38.5 Å². The number of carbonyl (C=O) groups excluding carboxylic acids is 2. The van der Waals surface area contributed by atoms with Gasteiger partial charge in [0.2, 0.25) is 6.79 Å². The van der Waals surface area contributed by atoms with Gasteiger partial charge in [0.15, 0.2) is 29.1 Å². The van der Waals surface area contributed by atoms with Crippen LogP contribution < -0.4 is 24.3 Å². The first-order chi connectivity index (χ1) is 14.0. The zero-order valence-corrected chi connectivity index (χ0v) is 16.5. The van der Waals surface area contributed by atoms with Crippen LogP contribution >= 0.6 is 0 Å². The van der Waals surface area contributed by atoms with Gasteiger partial charge in [0.05, 0.1) is 19.3 Å². The van der Waals surface area contributed by atoms with E-state index in [9.17, 15) is 9.59 Å². The molecule has 3 rings (SSSR count). The average Bonchev–Trinajstić information content (AvgIpc) is 3.20. The van der Waals surface area contributed by atoms with Crippen LogP contribution in [0.2, 0.25) is 0 Å². The second-order valence-electron chi connectivity index (χ2n) is 6.25. The predicted molar refractivity (Wildman–Crippen MR) is 103 cm³/mol. The van der Waals surface area contributed by atoms with Crippen LogP contribution in [-0.2, 0) is 16.1 Å². The van der Waals surface area contributed by atoms with Gasteiger partial charge in [-0.1, -0.05) is 6.07 Å². The van der Waals surface area contributed by atoms with Gasteiger partial charge in [0.1, 0.15) is 0 Å². The molecule has 0 aliphatic carbocycles. The average molecular weight is 401 g/mol. The molecule has 1 heterocycles. The van der Waals surface area contributed by atoms with E-state index in [4.69, 9.17) is 23.7 Å². The minimum atomic E-state index is -0.964. The molecule has 0 spiro atoms. The number of esters is 1. The number of rotatable bonds is 8. The fourth-order valence-corrected chi connectivity index (χ4v) is 2.74. The van der Waals surface area contributed by atoms with Gasteiger partial charge in [-0.3, -0.25) is 4.79 Å². The minimum Gasteiger partial charge on any atom is -0.493 e. The fraction of sp³-hybridized carbons (Fsp3) is 0.333. The molecule has 154 valence electrons. The van der Waals surface area contributed by atoms with E-state index in [1.807, 2.05) is 13.0 Å². The number of ether oxygens (including phenoxy) is 5. The third-order valence-corrected chi connectivity index (χ3v) is 4.26. The summed E-state index contributed by atoms with van der Waals surface area (Å²) in [5.74, 6) is 1.22. The molecule has 0 aromatic heterocycles. The minimum absolute atomic E-state index is 0.189. The summed E-state index contributed by atoms with van der Waals surface area (Å²) in [6, 6.07) is 10.1. The Balaban J connectivity index is 1.55. The zero-order chi connectivity index (χ0) is 20.8. The Labute approximate surface area is 168 Å². The van der Waals surface area contributed by atoms with Gasteiger partial charge in [0, 0.05) is 6.54 Å². The quantitative estimate of drug-likeness (QED) is 0.680. The molecular weight excluding hydrogens is 378 g/mol. The molecule has 0 saturated heterocycles. The number of hydrogen-bond acceptors (Lipinski definition) is 7. The highest BCUT2D eigenvalue weighted by Gasteiger charge is 2.20. The van der Waals surface area contributed by atoms with Crippen LogP contribution in [0.5, 0.6) is 23.0 Å². The molecule has 1 aliphatic heterocycles. The first-order valence-electron chi connectivity index (χ1n) is 9.20. The van der Waals surface area contributed by atoms with Crippen molar-refractivity contribution in [3.05, 3.63) is 47.5 Å². The number of fused-ring (bicyclic) bond motifs is 1. The van der Waals surface area contributed by atoms with Crippen LogP contribution in [0.25, 0.3) is 0 Å². The molecule has 0 fully saturated rings. The van der Waals surface area contributed by atoms with Gasteiger partial charge < -0.3 is 29.0 Å². The molecule has 8 nitrogen and oxygen atoms in total. The molecule has 0 radical (unpaired) electrons. The zero-order valence-electron chi connectivity index (χ0n) is 16.5. The third kappa shape index (κ3) is 4.90. The molecule has 1 N–H and O–H groups in total. The summed E-state index contributed by atoms with van der Waals surface area (Å²) < 4.78 is 26.5. The first-order valence-corrected chi connectivity index (χ1v) is 9.20. The Morgan fingerprint density at radius 1 is 1.10 bits per heavy atom. The van der Waals surface area contributed by atoms with Crippen molar-refractivity contribution in [2.24, 2.45) is 0 Å². The molecule has 0 saturated carbocycles. The molecule has 8 heteroatoms. The molecule has 0 bridgehead atoms. The van der Waals surface area contributed by atoms with Gasteiger partial charge in [-0.2, -0.15) is 0 Å². The van der Waals surface area contributed by atoms with Crippen LogP contribution in [0.4, 0.5) is 0 Å². The lowest BCUT2D eigenvalue weighted by Crippen LogP contribution is -2.35. The molecule has 0 unspecified atom stereocenters. The van der Waals surface area contributed by atoms with Gasteiger partial charge in [0.25, 0.3) is 5.91 Å². The highest BCUT2D eigenvalue weighted by atomic mass is 16.7. The van der Waals surface area contributed by atoms with Crippen molar-refractivity contribution < 1.29 is 33.3 Å². The van der Waals surface area contributed by atoms with E-state index in [-0.39, 0.29) is 18.9 Å². The standard InChI is InChI=1S/C21H23NO7/c1-4-26-16-8-6-15(10-18(16)25-3)21(24)29-13(2)20(23)22-11-14-5-7-17-19(9-14)28-12-27-17/h5-10,13H,4,11-12H2,1-3H3,(H,22,23)/t13-/m1/s1. The van der Waals surface area contributed by atoms with Crippen LogP contribution in [0, 0.1) is 0 Å². The Morgan fingerprint density at radius 3 is 2.66 bits per heavy atom. The van der Waals surface area contributed by atoms with Crippen molar-refractivity contribution in [1.29, 1.82) is 0 Å². The summed E-state index contributed by atoms with van der Waals surface area (Å²) in [7, 11) is 1.49. The lowest BCUT2D eigenvalue weighted by molar-refractivity contribution is -0.129. The van der Waals surface area contributed by atoms with Crippen molar-refractivity contribution in [2.75, 3.05) is 20.5 Å². The van der Waals surface area contributed by atoms with Crippen LogP contribution in [0.3, 0.4) is 0 Å². The summed E-state index contributed by atoms with van der Waals surface area (Å²) in [4.78, 5) is 24.7. The summed E-state index contributed by atoms with van der Waals surface area (Å²) in [5, 5.41) is 2.74. The van der Waals surface area contributed by atoms with E-state index in [1.165, 1.54) is 20.1 Å². The first kappa shape index (κ1) is 20.3. The number of nitrogens with one attached hydrogen (secondary N) is 1. The van der Waals surface area contributed by atoms with Crippen molar-refractivity contribution in [3.8, 4) is 23.0 Å². The molecule has 2 aromatic carbocycles. The summed E-state index contributed by atoms with van der Waals surface area (Å²) >= 11 is 0. The summed E-state index contributed by atoms with van der Waals surface area (Å²) in [6.07, 6.45) is -0.964. The number of carbonyl (C=O) groups is 2. The number of amides is 1. The van der Waals surface area contributed by atoms with E-state index in [2.05, 4.69) is 5.32 Å². The van der Waals surface area contributed by atoms with Gasteiger partial charge in [-0.15, -0.1) is 0 Å². The smallest absolute Gasteiger partial charge is 0.339 e. The van der Waals surface area contributed by atoms with Crippen molar-refractivity contribution >= 4 is 11.9 Å². The molecule has 1 aliphatic rings. The van der Waals surface area contributed by atoms with Crippen LogP contribution in [0.1, 0.15) is 29.8 Å². The van der Waals surface area contributed by atoms with Gasteiger partial charge >= 0.3 is 5.97 Å². The van der Waals surface area contributed by atoms with Crippen molar-refractivity contribution in [1.82, 2.24) is 5.32 Å².